The molecule has 0 atom stereocenters. The third kappa shape index (κ3) is 2.66. The first-order valence-electron chi connectivity index (χ1n) is 4.34. The van der Waals surface area contributed by atoms with Gasteiger partial charge in [-0.2, -0.15) is 0 Å². The zero-order valence-corrected chi connectivity index (χ0v) is 7.79. The zero-order valence-electron chi connectivity index (χ0n) is 7.79. The van der Waals surface area contributed by atoms with Crippen LogP contribution in [-0.4, -0.2) is 37.9 Å². The summed E-state index contributed by atoms with van der Waals surface area (Å²) >= 11 is 0. The van der Waals surface area contributed by atoms with Gasteiger partial charge in [0.2, 0.25) is 0 Å². The van der Waals surface area contributed by atoms with Crippen LogP contribution in [0.25, 0.3) is 0 Å². The van der Waals surface area contributed by atoms with Crippen molar-refractivity contribution in [2.75, 3.05) is 26.7 Å². The summed E-state index contributed by atoms with van der Waals surface area (Å²) in [6.07, 6.45) is 5.13. The van der Waals surface area contributed by atoms with Crippen LogP contribution in [0, 0.1) is 0 Å². The highest BCUT2D eigenvalue weighted by Crippen LogP contribution is 2.06. The zero-order chi connectivity index (χ0) is 8.81. The maximum atomic E-state index is 4.62. The molecule has 0 saturated heterocycles. The number of hydrogen-bond donors (Lipinski definition) is 0. The summed E-state index contributed by atoms with van der Waals surface area (Å²) in [4.78, 5) is 7.01. The average Bonchev–Trinajstić information content (AvgIpc) is 2.15. The van der Waals surface area contributed by atoms with Crippen molar-refractivity contribution in [2.45, 2.75) is 13.3 Å². The Hall–Kier alpha value is -0.830. The van der Waals surface area contributed by atoms with Crippen LogP contribution in [-0.2, 0) is 4.84 Å². The molecular formula is C9H16N2O. The van der Waals surface area contributed by atoms with E-state index in [0.717, 1.165) is 19.5 Å². The summed E-state index contributed by atoms with van der Waals surface area (Å²) in [6.45, 7) is 5.46. The van der Waals surface area contributed by atoms with E-state index < -0.39 is 0 Å². The first kappa shape index (κ1) is 9.26. The molecule has 0 N–H and O–H groups in total. The lowest BCUT2D eigenvalue weighted by molar-refractivity contribution is 0.215. The molecule has 0 spiro atoms. The topological polar surface area (TPSA) is 24.8 Å². The lowest BCUT2D eigenvalue weighted by atomic mass is 10.1. The Bertz CT molecular complexity index is 187. The molecular weight excluding hydrogens is 152 g/mol. The van der Waals surface area contributed by atoms with E-state index in [1.165, 1.54) is 12.1 Å². The Labute approximate surface area is 73.7 Å². The molecule has 1 aliphatic heterocycles. The van der Waals surface area contributed by atoms with Gasteiger partial charge in [0.1, 0.15) is 7.11 Å². The minimum atomic E-state index is 1.00. The fraction of sp³-hybridized carbons (Fsp3) is 0.667. The third-order valence-electron chi connectivity index (χ3n) is 2.03. The second-order valence-corrected chi connectivity index (χ2v) is 2.85. The van der Waals surface area contributed by atoms with E-state index in [1.54, 1.807) is 13.3 Å². The Morgan fingerprint density at radius 2 is 2.58 bits per heavy atom. The second-order valence-electron chi connectivity index (χ2n) is 2.85. The van der Waals surface area contributed by atoms with Crippen molar-refractivity contribution in [2.24, 2.45) is 5.16 Å². The standard InChI is InChI=1S/C9H16N2O/c1-3-11-6-4-5-9(8-11)7-10-12-2/h5,7H,3-4,6,8H2,1-2H3/b10-7+. The predicted octanol–water partition coefficient (Wildman–Crippen LogP) is 1.27. The maximum Gasteiger partial charge on any atom is 0.106 e. The SMILES string of the molecule is CCN1CCC=C(/C=N/OC)C1. The normalized spacial score (nSPS) is 19.7. The van der Waals surface area contributed by atoms with Crippen LogP contribution < -0.4 is 0 Å². The molecule has 1 rings (SSSR count). The van der Waals surface area contributed by atoms with Gasteiger partial charge in [-0.1, -0.05) is 18.2 Å². The van der Waals surface area contributed by atoms with E-state index in [9.17, 15) is 0 Å². The molecule has 0 radical (unpaired) electrons. The van der Waals surface area contributed by atoms with E-state index in [1.807, 2.05) is 0 Å². The van der Waals surface area contributed by atoms with Gasteiger partial charge in [0.25, 0.3) is 0 Å². The lowest BCUT2D eigenvalue weighted by Crippen LogP contribution is -2.29. The van der Waals surface area contributed by atoms with Gasteiger partial charge < -0.3 is 4.84 Å². The van der Waals surface area contributed by atoms with E-state index in [2.05, 4.69) is 27.9 Å². The van der Waals surface area contributed by atoms with Gasteiger partial charge in [-0.15, -0.1) is 0 Å². The molecule has 0 bridgehead atoms. The minimum Gasteiger partial charge on any atom is -0.399 e. The highest BCUT2D eigenvalue weighted by atomic mass is 16.6. The van der Waals surface area contributed by atoms with Crippen LogP contribution in [0.2, 0.25) is 0 Å². The van der Waals surface area contributed by atoms with E-state index in [-0.39, 0.29) is 0 Å². The highest BCUT2D eigenvalue weighted by molar-refractivity contribution is 5.78. The molecule has 0 aromatic heterocycles. The van der Waals surface area contributed by atoms with Gasteiger partial charge in [-0.25, -0.2) is 0 Å². The summed E-state index contributed by atoms with van der Waals surface area (Å²) in [7, 11) is 1.57. The van der Waals surface area contributed by atoms with Crippen molar-refractivity contribution < 1.29 is 4.84 Å². The van der Waals surface area contributed by atoms with Crippen LogP contribution in [0.4, 0.5) is 0 Å². The molecule has 3 heteroatoms. The van der Waals surface area contributed by atoms with E-state index in [0.29, 0.717) is 0 Å². The molecule has 0 unspecified atom stereocenters. The van der Waals surface area contributed by atoms with Gasteiger partial charge in [-0.05, 0) is 18.5 Å². The maximum absolute atomic E-state index is 4.62. The summed E-state index contributed by atoms with van der Waals surface area (Å²) in [5.41, 5.74) is 1.25. The molecule has 0 saturated carbocycles. The van der Waals surface area contributed by atoms with Crippen molar-refractivity contribution in [1.82, 2.24) is 4.90 Å². The Balaban J connectivity index is 2.44. The summed E-state index contributed by atoms with van der Waals surface area (Å²) in [5, 5.41) is 3.74. The Morgan fingerprint density at radius 3 is 3.25 bits per heavy atom. The molecule has 0 aliphatic carbocycles. The van der Waals surface area contributed by atoms with Crippen LogP contribution in [0.5, 0.6) is 0 Å². The molecule has 12 heavy (non-hydrogen) atoms. The van der Waals surface area contributed by atoms with Gasteiger partial charge in [-0.3, -0.25) is 4.90 Å². The first-order valence-corrected chi connectivity index (χ1v) is 4.34. The highest BCUT2D eigenvalue weighted by Gasteiger charge is 2.08. The van der Waals surface area contributed by atoms with Crippen LogP contribution in [0.15, 0.2) is 16.8 Å². The Morgan fingerprint density at radius 1 is 1.75 bits per heavy atom. The molecule has 0 amide bonds. The minimum absolute atomic E-state index is 1.00. The van der Waals surface area contributed by atoms with E-state index in [4.69, 9.17) is 0 Å². The lowest BCUT2D eigenvalue weighted by Gasteiger charge is -2.23. The smallest absolute Gasteiger partial charge is 0.106 e. The van der Waals surface area contributed by atoms with Crippen LogP contribution >= 0.6 is 0 Å². The fourth-order valence-electron chi connectivity index (χ4n) is 1.32. The van der Waals surface area contributed by atoms with Gasteiger partial charge in [0.15, 0.2) is 0 Å². The summed E-state index contributed by atoms with van der Waals surface area (Å²) < 4.78 is 0. The average molecular weight is 168 g/mol. The van der Waals surface area contributed by atoms with Gasteiger partial charge >= 0.3 is 0 Å². The molecule has 3 nitrogen and oxygen atoms in total. The summed E-state index contributed by atoms with van der Waals surface area (Å²) in [5.74, 6) is 0. The fourth-order valence-corrected chi connectivity index (χ4v) is 1.32. The molecule has 0 fully saturated rings. The van der Waals surface area contributed by atoms with Crippen molar-refractivity contribution in [3.05, 3.63) is 11.6 Å². The molecule has 1 heterocycles. The van der Waals surface area contributed by atoms with Crippen molar-refractivity contribution >= 4 is 6.21 Å². The van der Waals surface area contributed by atoms with Gasteiger partial charge in [0, 0.05) is 13.1 Å². The van der Waals surface area contributed by atoms with Crippen molar-refractivity contribution in [3.8, 4) is 0 Å². The number of nitrogens with zero attached hydrogens (tertiary/aromatic N) is 2. The third-order valence-corrected chi connectivity index (χ3v) is 2.03. The van der Waals surface area contributed by atoms with E-state index >= 15 is 0 Å². The largest absolute Gasteiger partial charge is 0.399 e. The van der Waals surface area contributed by atoms with Crippen molar-refractivity contribution in [1.29, 1.82) is 0 Å². The van der Waals surface area contributed by atoms with Crippen LogP contribution in [0.3, 0.4) is 0 Å². The number of oxime groups is 1. The molecule has 0 aromatic rings. The monoisotopic (exact) mass is 168 g/mol. The number of likely N-dealkylation sites (N-methyl/N-ethyl adjacent to an activating group) is 1. The second kappa shape index (κ2) is 4.93. The summed E-state index contributed by atoms with van der Waals surface area (Å²) in [6, 6.07) is 0. The number of hydrogen-bond acceptors (Lipinski definition) is 3. The predicted molar refractivity (Wildman–Crippen MR) is 50.3 cm³/mol. The van der Waals surface area contributed by atoms with Crippen molar-refractivity contribution in [3.63, 3.8) is 0 Å². The Kier molecular flexibility index (Phi) is 3.80. The molecule has 1 aliphatic rings. The molecule has 0 aromatic carbocycles. The van der Waals surface area contributed by atoms with Crippen LogP contribution in [0.1, 0.15) is 13.3 Å². The quantitative estimate of drug-likeness (QED) is 0.468. The first-order chi connectivity index (χ1) is 5.86. The van der Waals surface area contributed by atoms with Gasteiger partial charge in [0.05, 0.1) is 6.21 Å². The number of rotatable bonds is 3. The molecule has 68 valence electrons.